The number of ether oxygens (including phenoxy) is 1. The molecular weight excluding hydrogens is 759 g/mol. The molecule has 3 rings (SSSR count). The van der Waals surface area contributed by atoms with E-state index in [1.807, 2.05) is 71.1 Å². The highest BCUT2D eigenvalue weighted by Gasteiger charge is 2.21. The molecule has 3 N–H and O–H groups in total. The summed E-state index contributed by atoms with van der Waals surface area (Å²) in [4.78, 5) is 27.1. The largest absolute Gasteiger partial charge is 0.452 e. The van der Waals surface area contributed by atoms with Gasteiger partial charge in [0.1, 0.15) is 0 Å². The highest BCUT2D eigenvalue weighted by atomic mass is 127. The molecule has 3 aromatic rings. The highest BCUT2D eigenvalue weighted by Crippen LogP contribution is 2.30. The number of carbonyl (C=O) groups excluding carboxylic acids is 2. The van der Waals surface area contributed by atoms with Crippen LogP contribution >= 0.6 is 67.8 Å². The Hall–Kier alpha value is -1.61. The van der Waals surface area contributed by atoms with Crippen molar-refractivity contribution in [2.45, 2.75) is 19.9 Å². The van der Waals surface area contributed by atoms with Gasteiger partial charge in [0, 0.05) is 30.2 Å². The summed E-state index contributed by atoms with van der Waals surface area (Å²) in [5, 5.41) is 2.77. The van der Waals surface area contributed by atoms with Crippen LogP contribution in [0.15, 0.2) is 60.7 Å². The van der Waals surface area contributed by atoms with Crippen LogP contribution in [0.5, 0.6) is 0 Å². The maximum atomic E-state index is 12.5. The van der Waals surface area contributed by atoms with Gasteiger partial charge in [0.2, 0.25) is 0 Å². The van der Waals surface area contributed by atoms with Gasteiger partial charge in [0.25, 0.3) is 5.91 Å². The number of nitrogens with zero attached hydrogens (tertiary/aromatic N) is 1. The third-order valence-corrected chi connectivity index (χ3v) is 7.59. The Bertz CT molecular complexity index is 1150. The minimum Gasteiger partial charge on any atom is -0.452 e. The highest BCUT2D eigenvalue weighted by molar-refractivity contribution is 14.1. The van der Waals surface area contributed by atoms with Gasteiger partial charge in [-0.05, 0) is 124 Å². The fourth-order valence-electron chi connectivity index (χ4n) is 3.23. The lowest BCUT2D eigenvalue weighted by molar-refractivity contribution is -0.119. The van der Waals surface area contributed by atoms with Gasteiger partial charge < -0.3 is 20.7 Å². The van der Waals surface area contributed by atoms with E-state index in [-0.39, 0.29) is 12.6 Å². The summed E-state index contributed by atoms with van der Waals surface area (Å²) < 4.78 is 7.46. The summed E-state index contributed by atoms with van der Waals surface area (Å²) in [5.41, 5.74) is 9.66. The number of esters is 1. The molecule has 0 radical (unpaired) electrons. The first-order chi connectivity index (χ1) is 15.7. The minimum atomic E-state index is -0.576. The number of nitrogens with two attached hydrogens (primary N) is 1. The summed E-state index contributed by atoms with van der Waals surface area (Å²) in [6.07, 6.45) is 0. The number of hydrogen-bond acceptors (Lipinski definition) is 5. The summed E-state index contributed by atoms with van der Waals surface area (Å²) in [6, 6.07) is 19.8. The van der Waals surface area contributed by atoms with Crippen molar-refractivity contribution in [3.05, 3.63) is 76.9 Å². The molecule has 0 unspecified atom stereocenters. The van der Waals surface area contributed by atoms with Crippen LogP contribution in [0.2, 0.25) is 0 Å². The van der Waals surface area contributed by atoms with Gasteiger partial charge in [-0.1, -0.05) is 18.2 Å². The van der Waals surface area contributed by atoms with Crippen LogP contribution in [-0.2, 0) is 9.53 Å². The number of carbonyl (C=O) groups is 2. The second kappa shape index (κ2) is 11.7. The zero-order chi connectivity index (χ0) is 24.1. The first-order valence-electron chi connectivity index (χ1n) is 10.0. The number of rotatable bonds is 7. The molecule has 0 aliphatic carbocycles. The molecule has 1 amide bonds. The number of benzene rings is 3. The Morgan fingerprint density at radius 3 is 2.18 bits per heavy atom. The van der Waals surface area contributed by atoms with Gasteiger partial charge in [-0.25, -0.2) is 4.79 Å². The number of hydrogen-bond donors (Lipinski definition) is 2. The van der Waals surface area contributed by atoms with Crippen molar-refractivity contribution in [3.8, 4) is 0 Å². The van der Waals surface area contributed by atoms with Crippen molar-refractivity contribution in [2.24, 2.45) is 0 Å². The molecule has 172 valence electrons. The lowest BCUT2D eigenvalue weighted by atomic mass is 10.2. The van der Waals surface area contributed by atoms with Crippen molar-refractivity contribution in [3.63, 3.8) is 0 Å². The third-order valence-electron chi connectivity index (χ3n) is 4.72. The molecule has 0 aliphatic heterocycles. The molecule has 9 heteroatoms. The maximum absolute atomic E-state index is 12.5. The van der Waals surface area contributed by atoms with Crippen LogP contribution in [0.1, 0.15) is 24.2 Å². The normalized spacial score (nSPS) is 10.7. The van der Waals surface area contributed by atoms with Crippen LogP contribution in [0.3, 0.4) is 0 Å². The predicted octanol–water partition coefficient (Wildman–Crippen LogP) is 6.42. The lowest BCUT2D eigenvalue weighted by Gasteiger charge is -2.29. The second-order valence-corrected chi connectivity index (χ2v) is 10.8. The van der Waals surface area contributed by atoms with Crippen LogP contribution < -0.4 is 16.0 Å². The quantitative estimate of drug-likeness (QED) is 0.164. The standard InChI is InChI=1S/C24H22I3N3O3/c1-14(2)30(16-6-4-3-5-7-16)17-10-8-15(9-11-17)29-20(31)13-33-24(32)21-18(25)12-19(26)23(28)22(21)27/h3-12,14H,13,28H2,1-2H3,(H,29,31). The molecule has 0 saturated heterocycles. The maximum Gasteiger partial charge on any atom is 0.340 e. The predicted molar refractivity (Wildman–Crippen MR) is 158 cm³/mol. The van der Waals surface area contributed by atoms with Crippen LogP contribution in [0.25, 0.3) is 0 Å². The van der Waals surface area contributed by atoms with Crippen LogP contribution in [0, 0.1) is 10.7 Å². The Kier molecular flexibility index (Phi) is 9.21. The van der Waals surface area contributed by atoms with E-state index in [1.54, 1.807) is 0 Å². The van der Waals surface area contributed by atoms with Gasteiger partial charge in [0.05, 0.1) is 14.8 Å². The van der Waals surface area contributed by atoms with E-state index in [9.17, 15) is 9.59 Å². The summed E-state index contributed by atoms with van der Waals surface area (Å²) in [7, 11) is 0. The molecule has 0 spiro atoms. The number of anilines is 4. The van der Waals surface area contributed by atoms with E-state index in [2.05, 4.69) is 81.4 Å². The van der Waals surface area contributed by atoms with E-state index in [0.717, 1.165) is 18.5 Å². The third kappa shape index (κ3) is 6.50. The first-order valence-corrected chi connectivity index (χ1v) is 13.3. The van der Waals surface area contributed by atoms with E-state index in [1.165, 1.54) is 0 Å². The smallest absolute Gasteiger partial charge is 0.340 e. The van der Waals surface area contributed by atoms with Gasteiger partial charge in [-0.2, -0.15) is 0 Å². The fourth-order valence-corrected chi connectivity index (χ4v) is 7.04. The van der Waals surface area contributed by atoms with E-state index in [0.29, 0.717) is 20.5 Å². The van der Waals surface area contributed by atoms with Crippen molar-refractivity contribution < 1.29 is 14.3 Å². The monoisotopic (exact) mass is 781 g/mol. The second-order valence-electron chi connectivity index (χ2n) is 7.41. The Morgan fingerprint density at radius 1 is 0.970 bits per heavy atom. The number of amides is 1. The average molecular weight is 781 g/mol. The average Bonchev–Trinajstić information content (AvgIpc) is 2.78. The molecule has 0 aliphatic rings. The zero-order valence-corrected chi connectivity index (χ0v) is 24.4. The number of nitrogen functional groups attached to an aromatic ring is 1. The van der Waals surface area contributed by atoms with Crippen LogP contribution in [0.4, 0.5) is 22.7 Å². The number of nitrogens with one attached hydrogen (secondary N) is 1. The van der Waals surface area contributed by atoms with Crippen LogP contribution in [-0.4, -0.2) is 24.5 Å². The van der Waals surface area contributed by atoms with E-state index < -0.39 is 11.9 Å². The number of halogens is 3. The summed E-state index contributed by atoms with van der Waals surface area (Å²) in [5.74, 6) is -0.990. The molecule has 0 atom stereocenters. The minimum absolute atomic E-state index is 0.258. The molecular formula is C24H22I3N3O3. The molecule has 0 fully saturated rings. The fraction of sp³-hybridized carbons (Fsp3) is 0.167. The molecule has 0 bridgehead atoms. The van der Waals surface area contributed by atoms with Gasteiger partial charge in [-0.3, -0.25) is 4.79 Å². The Balaban J connectivity index is 1.64. The zero-order valence-electron chi connectivity index (χ0n) is 17.9. The first kappa shape index (κ1) is 26.0. The van der Waals surface area contributed by atoms with Gasteiger partial charge in [0.15, 0.2) is 6.61 Å². The lowest BCUT2D eigenvalue weighted by Crippen LogP contribution is -2.25. The molecule has 0 saturated carbocycles. The Morgan fingerprint density at radius 2 is 1.58 bits per heavy atom. The molecule has 33 heavy (non-hydrogen) atoms. The SMILES string of the molecule is CC(C)N(c1ccccc1)c1ccc(NC(=O)COC(=O)c2c(I)cc(I)c(N)c2I)cc1. The molecule has 3 aromatic carbocycles. The van der Waals surface area contributed by atoms with E-state index >= 15 is 0 Å². The molecule has 6 nitrogen and oxygen atoms in total. The molecule has 0 aromatic heterocycles. The molecule has 0 heterocycles. The van der Waals surface area contributed by atoms with Crippen molar-refractivity contribution >= 4 is 102 Å². The van der Waals surface area contributed by atoms with Crippen molar-refractivity contribution in [2.75, 3.05) is 22.6 Å². The van der Waals surface area contributed by atoms with Crippen molar-refractivity contribution in [1.82, 2.24) is 0 Å². The topological polar surface area (TPSA) is 84.7 Å². The number of para-hydroxylation sites is 1. The van der Waals surface area contributed by atoms with Gasteiger partial charge >= 0.3 is 5.97 Å². The van der Waals surface area contributed by atoms with Gasteiger partial charge in [-0.15, -0.1) is 0 Å². The Labute approximate surface area is 234 Å². The summed E-state index contributed by atoms with van der Waals surface area (Å²) >= 11 is 6.21. The van der Waals surface area contributed by atoms with E-state index in [4.69, 9.17) is 10.5 Å². The summed E-state index contributed by atoms with van der Waals surface area (Å²) in [6.45, 7) is 3.86. The van der Waals surface area contributed by atoms with Crippen molar-refractivity contribution in [1.29, 1.82) is 0 Å².